The van der Waals surface area contributed by atoms with E-state index in [1.807, 2.05) is 6.07 Å². The fourth-order valence-corrected chi connectivity index (χ4v) is 2.98. The van der Waals surface area contributed by atoms with Gasteiger partial charge in [-0.15, -0.1) is 0 Å². The smallest absolute Gasteiger partial charge is 0.225 e. The number of hydrogen-bond donors (Lipinski definition) is 1. The monoisotopic (exact) mass is 367 g/mol. The maximum Gasteiger partial charge on any atom is 0.225 e. The van der Waals surface area contributed by atoms with Crippen molar-refractivity contribution in [1.29, 1.82) is 0 Å². The van der Waals surface area contributed by atoms with Gasteiger partial charge in [-0.1, -0.05) is 23.2 Å². The van der Waals surface area contributed by atoms with Crippen LogP contribution in [0.1, 0.15) is 0 Å². The van der Waals surface area contributed by atoms with E-state index >= 15 is 0 Å². The van der Waals surface area contributed by atoms with E-state index in [-0.39, 0.29) is 0 Å². The maximum atomic E-state index is 6.16. The van der Waals surface area contributed by atoms with Crippen LogP contribution in [-0.2, 0) is 0 Å². The van der Waals surface area contributed by atoms with Gasteiger partial charge < -0.3 is 15.1 Å². The van der Waals surface area contributed by atoms with Gasteiger partial charge in [-0.05, 0) is 36.5 Å². The fourth-order valence-electron chi connectivity index (χ4n) is 2.35. The summed E-state index contributed by atoms with van der Waals surface area (Å²) in [5, 5.41) is 5.02. The lowest BCUT2D eigenvalue weighted by Crippen LogP contribution is -2.50. The second-order valence-corrected chi connectivity index (χ2v) is 6.31. The summed E-state index contributed by atoms with van der Waals surface area (Å²) >= 11 is 17.6. The molecule has 1 aliphatic heterocycles. The molecule has 0 aliphatic carbocycles. The molecule has 0 amide bonds. The molecule has 1 aromatic heterocycles. The van der Waals surface area contributed by atoms with Crippen LogP contribution in [-0.4, -0.2) is 46.2 Å². The number of hydrogen-bond acceptors (Lipinski definition) is 4. The molecule has 2 heterocycles. The summed E-state index contributed by atoms with van der Waals surface area (Å²) in [6, 6.07) is 7.08. The van der Waals surface area contributed by atoms with Gasteiger partial charge in [0.05, 0.1) is 10.7 Å². The Labute approximate surface area is 150 Å². The molecule has 0 bridgehead atoms. The molecule has 0 atom stereocenters. The molecule has 0 saturated carbocycles. The van der Waals surface area contributed by atoms with Crippen molar-refractivity contribution in [2.75, 3.05) is 36.4 Å². The van der Waals surface area contributed by atoms with Crippen LogP contribution < -0.4 is 10.2 Å². The van der Waals surface area contributed by atoms with E-state index in [1.54, 1.807) is 30.6 Å². The zero-order valence-electron chi connectivity index (χ0n) is 12.2. The highest BCUT2D eigenvalue weighted by Crippen LogP contribution is 2.25. The van der Waals surface area contributed by atoms with Gasteiger partial charge in [-0.3, -0.25) is 0 Å². The molecule has 1 saturated heterocycles. The predicted octanol–water partition coefficient (Wildman–Crippen LogP) is 3.30. The van der Waals surface area contributed by atoms with Gasteiger partial charge in [0.15, 0.2) is 5.11 Å². The third kappa shape index (κ3) is 4.02. The van der Waals surface area contributed by atoms with Gasteiger partial charge in [0.2, 0.25) is 5.95 Å². The van der Waals surface area contributed by atoms with E-state index in [9.17, 15) is 0 Å². The van der Waals surface area contributed by atoms with Gasteiger partial charge in [0, 0.05) is 43.6 Å². The minimum absolute atomic E-state index is 0.591. The van der Waals surface area contributed by atoms with Crippen molar-refractivity contribution in [2.45, 2.75) is 0 Å². The lowest BCUT2D eigenvalue weighted by molar-refractivity contribution is 0.388. The summed E-state index contributed by atoms with van der Waals surface area (Å²) in [4.78, 5) is 12.8. The minimum atomic E-state index is 0.591. The molecule has 1 aromatic carbocycles. The molecular formula is C15H15Cl2N5S. The molecule has 0 radical (unpaired) electrons. The van der Waals surface area contributed by atoms with E-state index in [2.05, 4.69) is 25.1 Å². The largest absolute Gasteiger partial charge is 0.345 e. The number of piperazine rings is 1. The third-order valence-electron chi connectivity index (χ3n) is 3.57. The molecule has 5 nitrogen and oxygen atoms in total. The van der Waals surface area contributed by atoms with Crippen molar-refractivity contribution in [3.8, 4) is 0 Å². The topological polar surface area (TPSA) is 44.3 Å². The summed E-state index contributed by atoms with van der Waals surface area (Å²) in [6.45, 7) is 3.22. The minimum Gasteiger partial charge on any atom is -0.345 e. The van der Waals surface area contributed by atoms with E-state index in [0.717, 1.165) is 37.8 Å². The molecule has 1 fully saturated rings. The zero-order valence-corrected chi connectivity index (χ0v) is 14.6. The Balaban J connectivity index is 1.59. The Morgan fingerprint density at radius 2 is 1.78 bits per heavy atom. The Bertz CT molecular complexity index is 690. The number of anilines is 2. The molecule has 120 valence electrons. The maximum absolute atomic E-state index is 6.16. The second-order valence-electron chi connectivity index (χ2n) is 5.08. The van der Waals surface area contributed by atoms with Crippen LogP contribution in [0.25, 0.3) is 0 Å². The van der Waals surface area contributed by atoms with E-state index in [0.29, 0.717) is 15.2 Å². The number of thiocarbonyl (C=S) groups is 1. The first-order chi connectivity index (χ1) is 11.1. The predicted molar refractivity (Wildman–Crippen MR) is 98.5 cm³/mol. The van der Waals surface area contributed by atoms with E-state index < -0.39 is 0 Å². The summed E-state index contributed by atoms with van der Waals surface area (Å²) < 4.78 is 0. The molecule has 3 rings (SSSR count). The average molecular weight is 368 g/mol. The van der Waals surface area contributed by atoms with Gasteiger partial charge >= 0.3 is 0 Å². The van der Waals surface area contributed by atoms with Crippen LogP contribution in [0.5, 0.6) is 0 Å². The van der Waals surface area contributed by atoms with Crippen LogP contribution in [0.3, 0.4) is 0 Å². The molecule has 0 unspecified atom stereocenters. The zero-order chi connectivity index (χ0) is 16.2. The quantitative estimate of drug-likeness (QED) is 0.821. The van der Waals surface area contributed by atoms with Gasteiger partial charge in [0.25, 0.3) is 0 Å². The van der Waals surface area contributed by atoms with Gasteiger partial charge in [0.1, 0.15) is 0 Å². The van der Waals surface area contributed by atoms with Crippen molar-refractivity contribution >= 4 is 52.2 Å². The van der Waals surface area contributed by atoms with Crippen molar-refractivity contribution in [3.63, 3.8) is 0 Å². The average Bonchev–Trinajstić information content (AvgIpc) is 2.59. The van der Waals surface area contributed by atoms with Crippen molar-refractivity contribution in [2.24, 2.45) is 0 Å². The number of nitrogens with zero attached hydrogens (tertiary/aromatic N) is 4. The highest BCUT2D eigenvalue weighted by molar-refractivity contribution is 7.80. The van der Waals surface area contributed by atoms with E-state index in [4.69, 9.17) is 35.4 Å². The first kappa shape index (κ1) is 16.2. The first-order valence-electron chi connectivity index (χ1n) is 7.16. The van der Waals surface area contributed by atoms with Crippen LogP contribution in [0.2, 0.25) is 10.0 Å². The van der Waals surface area contributed by atoms with Crippen molar-refractivity contribution < 1.29 is 0 Å². The Kier molecular flexibility index (Phi) is 5.15. The standard InChI is InChI=1S/C15H15Cl2N5S/c16-11-2-3-12(17)13(10-11)20-15(23)22-8-6-21(7-9-22)14-18-4-1-5-19-14/h1-5,10H,6-9H2,(H,20,23). The summed E-state index contributed by atoms with van der Waals surface area (Å²) in [5.41, 5.74) is 0.720. The Morgan fingerprint density at radius 3 is 2.48 bits per heavy atom. The molecular weight excluding hydrogens is 353 g/mol. The molecule has 23 heavy (non-hydrogen) atoms. The van der Waals surface area contributed by atoms with Crippen molar-refractivity contribution in [1.82, 2.24) is 14.9 Å². The fraction of sp³-hybridized carbons (Fsp3) is 0.267. The Hall–Kier alpha value is -1.63. The Morgan fingerprint density at radius 1 is 1.09 bits per heavy atom. The van der Waals surface area contributed by atoms with Crippen LogP contribution in [0.15, 0.2) is 36.7 Å². The number of benzene rings is 1. The number of aromatic nitrogens is 2. The van der Waals surface area contributed by atoms with E-state index in [1.165, 1.54) is 0 Å². The SMILES string of the molecule is S=C(Nc1cc(Cl)ccc1Cl)N1CCN(c2ncccn2)CC1. The highest BCUT2D eigenvalue weighted by atomic mass is 35.5. The lowest BCUT2D eigenvalue weighted by atomic mass is 10.3. The van der Waals surface area contributed by atoms with Crippen LogP contribution in [0, 0.1) is 0 Å². The van der Waals surface area contributed by atoms with Gasteiger partial charge in [-0.2, -0.15) is 0 Å². The molecule has 8 heteroatoms. The first-order valence-corrected chi connectivity index (χ1v) is 8.33. The molecule has 0 spiro atoms. The van der Waals surface area contributed by atoms with Crippen molar-refractivity contribution in [3.05, 3.63) is 46.7 Å². The normalized spacial score (nSPS) is 14.7. The number of nitrogens with one attached hydrogen (secondary N) is 1. The summed E-state index contributed by atoms with van der Waals surface area (Å²) in [7, 11) is 0. The summed E-state index contributed by atoms with van der Waals surface area (Å²) in [5.74, 6) is 0.754. The third-order valence-corrected chi connectivity index (χ3v) is 4.50. The number of rotatable bonds is 2. The van der Waals surface area contributed by atoms with Crippen LogP contribution >= 0.6 is 35.4 Å². The molecule has 2 aromatic rings. The molecule has 1 N–H and O–H groups in total. The second kappa shape index (κ2) is 7.29. The molecule has 1 aliphatic rings. The number of halogens is 2. The summed E-state index contributed by atoms with van der Waals surface area (Å²) in [6.07, 6.45) is 3.50. The highest BCUT2D eigenvalue weighted by Gasteiger charge is 2.20. The lowest BCUT2D eigenvalue weighted by Gasteiger charge is -2.36. The van der Waals surface area contributed by atoms with Crippen LogP contribution in [0.4, 0.5) is 11.6 Å². The van der Waals surface area contributed by atoms with Gasteiger partial charge in [-0.25, -0.2) is 9.97 Å².